The van der Waals surface area contributed by atoms with E-state index in [0.717, 1.165) is 0 Å². The maximum atomic E-state index is 12.5. The molecule has 2 heterocycles. The smallest absolute Gasteiger partial charge is 0.243 e. The van der Waals surface area contributed by atoms with Gasteiger partial charge in [-0.05, 0) is 30.3 Å². The van der Waals surface area contributed by atoms with Crippen molar-refractivity contribution >= 4 is 34.8 Å². The lowest BCUT2D eigenvalue weighted by molar-refractivity contribution is -0.117. The number of aromatic nitrogens is 1. The second-order valence-electron chi connectivity index (χ2n) is 4.85. The highest BCUT2D eigenvalue weighted by molar-refractivity contribution is 6.35. The Morgan fingerprint density at radius 3 is 2.71 bits per heavy atom. The van der Waals surface area contributed by atoms with Crippen LogP contribution in [-0.4, -0.2) is 22.0 Å². The predicted octanol–water partition coefficient (Wildman–Crippen LogP) is 2.31. The summed E-state index contributed by atoms with van der Waals surface area (Å²) in [5.74, 6) is -2.99. The lowest BCUT2D eigenvalue weighted by atomic mass is 9.87. The number of halogens is 1. The van der Waals surface area contributed by atoms with E-state index in [0.29, 0.717) is 22.0 Å². The maximum Gasteiger partial charge on any atom is 0.243 e. The fourth-order valence-corrected chi connectivity index (χ4v) is 2.59. The van der Waals surface area contributed by atoms with Crippen molar-refractivity contribution < 1.29 is 14.4 Å². The monoisotopic (exact) mass is 302 g/mol. The number of amides is 1. The van der Waals surface area contributed by atoms with Gasteiger partial charge in [-0.2, -0.15) is 0 Å². The summed E-state index contributed by atoms with van der Waals surface area (Å²) in [6.45, 7) is 0. The number of carbonyl (C=O) groups excluding carboxylic acids is 3. The molecule has 1 aromatic heterocycles. The van der Waals surface area contributed by atoms with Crippen LogP contribution in [-0.2, 0) is 11.8 Å². The zero-order valence-electron chi connectivity index (χ0n) is 11.1. The van der Waals surface area contributed by atoms with Crippen molar-refractivity contribution in [2.45, 2.75) is 0 Å². The SMILES string of the molecule is Cn1cccc1C(=O)C1C(=O)Nc2cc(Cl)ccc2C1=O. The van der Waals surface area contributed by atoms with E-state index >= 15 is 0 Å². The van der Waals surface area contributed by atoms with Gasteiger partial charge in [0.25, 0.3) is 0 Å². The molecule has 1 aliphatic rings. The van der Waals surface area contributed by atoms with Gasteiger partial charge in [-0.3, -0.25) is 14.4 Å². The van der Waals surface area contributed by atoms with Gasteiger partial charge in [0.2, 0.25) is 5.91 Å². The number of carbonyl (C=O) groups is 3. The first-order valence-corrected chi connectivity index (χ1v) is 6.67. The van der Waals surface area contributed by atoms with Gasteiger partial charge in [-0.1, -0.05) is 11.6 Å². The Morgan fingerprint density at radius 2 is 2.05 bits per heavy atom. The predicted molar refractivity (Wildman–Crippen MR) is 77.6 cm³/mol. The van der Waals surface area contributed by atoms with E-state index < -0.39 is 23.4 Å². The first-order chi connectivity index (χ1) is 9.99. The van der Waals surface area contributed by atoms with Crippen LogP contribution < -0.4 is 5.32 Å². The highest BCUT2D eigenvalue weighted by atomic mass is 35.5. The number of Topliss-reactive ketones (excluding diaryl/α,β-unsaturated/α-hetero) is 2. The standard InChI is InChI=1S/C15H11ClN2O3/c1-18-6-2-3-11(18)14(20)12-13(19)9-5-4-8(16)7-10(9)17-15(12)21/h2-7,12H,1H3,(H,17,21). The van der Waals surface area contributed by atoms with Crippen molar-refractivity contribution in [2.75, 3.05) is 5.32 Å². The first-order valence-electron chi connectivity index (χ1n) is 6.29. The molecule has 0 spiro atoms. The van der Waals surface area contributed by atoms with Gasteiger partial charge in [0.05, 0.1) is 11.4 Å². The number of rotatable bonds is 2. The summed E-state index contributed by atoms with van der Waals surface area (Å²) < 4.78 is 1.58. The first kappa shape index (κ1) is 13.6. The van der Waals surface area contributed by atoms with Gasteiger partial charge in [-0.15, -0.1) is 0 Å². The molecule has 5 nitrogen and oxygen atoms in total. The topological polar surface area (TPSA) is 68.2 Å². The van der Waals surface area contributed by atoms with Crippen LogP contribution >= 0.6 is 11.6 Å². The van der Waals surface area contributed by atoms with Crippen LogP contribution in [0, 0.1) is 5.92 Å². The lowest BCUT2D eigenvalue weighted by Gasteiger charge is -2.22. The van der Waals surface area contributed by atoms with Crippen LogP contribution in [0.5, 0.6) is 0 Å². The van der Waals surface area contributed by atoms with Gasteiger partial charge in [0.15, 0.2) is 17.5 Å². The summed E-state index contributed by atoms with van der Waals surface area (Å²) in [6.07, 6.45) is 1.69. The van der Waals surface area contributed by atoms with E-state index in [4.69, 9.17) is 11.6 Å². The van der Waals surface area contributed by atoms with Crippen LogP contribution in [0.2, 0.25) is 5.02 Å². The summed E-state index contributed by atoms with van der Waals surface area (Å²) in [6, 6.07) is 7.84. The van der Waals surface area contributed by atoms with Crippen LogP contribution in [0.25, 0.3) is 0 Å². The third kappa shape index (κ3) is 2.15. The second kappa shape index (κ2) is 4.86. The number of benzene rings is 1. The highest BCUT2D eigenvalue weighted by Crippen LogP contribution is 2.29. The molecule has 6 heteroatoms. The molecule has 3 rings (SSSR count). The number of aryl methyl sites for hydroxylation is 1. The zero-order chi connectivity index (χ0) is 15.1. The van der Waals surface area contributed by atoms with Crippen molar-refractivity contribution in [1.82, 2.24) is 4.57 Å². The number of nitrogens with one attached hydrogen (secondary N) is 1. The van der Waals surface area contributed by atoms with E-state index in [2.05, 4.69) is 5.32 Å². The zero-order valence-corrected chi connectivity index (χ0v) is 11.8. The minimum Gasteiger partial charge on any atom is -0.348 e. The quantitative estimate of drug-likeness (QED) is 0.684. The summed E-state index contributed by atoms with van der Waals surface area (Å²) >= 11 is 5.84. The molecule has 0 bridgehead atoms. The Morgan fingerprint density at radius 1 is 1.29 bits per heavy atom. The molecular formula is C15H11ClN2O3. The maximum absolute atomic E-state index is 12.5. The fraction of sp³-hybridized carbons (Fsp3) is 0.133. The van der Waals surface area contributed by atoms with Crippen molar-refractivity contribution in [1.29, 1.82) is 0 Å². The van der Waals surface area contributed by atoms with Crippen LogP contribution in [0.1, 0.15) is 20.8 Å². The molecular weight excluding hydrogens is 292 g/mol. The number of hydrogen-bond donors (Lipinski definition) is 1. The molecule has 1 aliphatic heterocycles. The Labute approximate surface area is 125 Å². The van der Waals surface area contributed by atoms with Gasteiger partial charge in [-0.25, -0.2) is 0 Å². The third-order valence-corrected chi connectivity index (χ3v) is 3.72. The molecule has 0 fully saturated rings. The molecule has 0 radical (unpaired) electrons. The third-order valence-electron chi connectivity index (χ3n) is 3.49. The van der Waals surface area contributed by atoms with E-state index in [-0.39, 0.29) is 0 Å². The van der Waals surface area contributed by atoms with E-state index in [1.807, 2.05) is 0 Å². The average Bonchev–Trinajstić information content (AvgIpc) is 2.84. The van der Waals surface area contributed by atoms with E-state index in [1.54, 1.807) is 36.0 Å². The van der Waals surface area contributed by atoms with E-state index in [9.17, 15) is 14.4 Å². The highest BCUT2D eigenvalue weighted by Gasteiger charge is 2.40. The molecule has 1 aromatic carbocycles. The average molecular weight is 303 g/mol. The lowest BCUT2D eigenvalue weighted by Crippen LogP contribution is -2.41. The number of anilines is 1. The number of ketones is 2. The molecule has 106 valence electrons. The van der Waals surface area contributed by atoms with Crippen molar-refractivity contribution in [3.63, 3.8) is 0 Å². The summed E-state index contributed by atoms with van der Waals surface area (Å²) in [5.41, 5.74) is 0.959. The van der Waals surface area contributed by atoms with Gasteiger partial charge < -0.3 is 9.88 Å². The molecule has 2 aromatic rings. The molecule has 1 amide bonds. The fourth-order valence-electron chi connectivity index (χ4n) is 2.42. The van der Waals surface area contributed by atoms with Gasteiger partial charge in [0, 0.05) is 23.8 Å². The second-order valence-corrected chi connectivity index (χ2v) is 5.28. The van der Waals surface area contributed by atoms with Crippen LogP contribution in [0.4, 0.5) is 5.69 Å². The van der Waals surface area contributed by atoms with Crippen molar-refractivity contribution in [2.24, 2.45) is 13.0 Å². The molecule has 1 atom stereocenters. The minimum atomic E-state index is -1.35. The van der Waals surface area contributed by atoms with Crippen molar-refractivity contribution in [3.8, 4) is 0 Å². The molecule has 0 aliphatic carbocycles. The summed E-state index contributed by atoms with van der Waals surface area (Å²) in [5, 5.41) is 2.98. The molecule has 21 heavy (non-hydrogen) atoms. The normalized spacial score (nSPS) is 17.3. The molecule has 0 saturated carbocycles. The Bertz CT molecular complexity index is 779. The Hall–Kier alpha value is -2.40. The summed E-state index contributed by atoms with van der Waals surface area (Å²) in [4.78, 5) is 37.0. The Kier molecular flexibility index (Phi) is 3.14. The minimum absolute atomic E-state index is 0.298. The van der Waals surface area contributed by atoms with Gasteiger partial charge >= 0.3 is 0 Å². The summed E-state index contributed by atoms with van der Waals surface area (Å²) in [7, 11) is 1.69. The van der Waals surface area contributed by atoms with E-state index in [1.165, 1.54) is 12.1 Å². The van der Waals surface area contributed by atoms with Crippen LogP contribution in [0.3, 0.4) is 0 Å². The largest absolute Gasteiger partial charge is 0.348 e. The van der Waals surface area contributed by atoms with Crippen molar-refractivity contribution in [3.05, 3.63) is 52.8 Å². The number of hydrogen-bond acceptors (Lipinski definition) is 3. The Balaban J connectivity index is 2.03. The number of nitrogens with zero attached hydrogens (tertiary/aromatic N) is 1. The molecule has 0 saturated heterocycles. The molecule has 1 unspecified atom stereocenters. The van der Waals surface area contributed by atoms with Crippen LogP contribution in [0.15, 0.2) is 36.5 Å². The molecule has 1 N–H and O–H groups in total. The van der Waals surface area contributed by atoms with Gasteiger partial charge in [0.1, 0.15) is 0 Å². The number of fused-ring (bicyclic) bond motifs is 1.